The van der Waals surface area contributed by atoms with Gasteiger partial charge in [0.2, 0.25) is 0 Å². The molecule has 8 nitrogen and oxygen atoms in total. The molecular weight excluding hydrogens is 474 g/mol. The third-order valence-corrected chi connectivity index (χ3v) is 5.80. The Hall–Kier alpha value is -2.07. The van der Waals surface area contributed by atoms with E-state index in [0.29, 0.717) is 18.6 Å². The molecule has 1 aromatic carbocycles. The summed E-state index contributed by atoms with van der Waals surface area (Å²) in [6.45, 7) is 3.19. The Labute approximate surface area is 166 Å². The van der Waals surface area contributed by atoms with Crippen molar-refractivity contribution in [2.45, 2.75) is 36.7 Å². The highest BCUT2D eigenvalue weighted by molar-refractivity contribution is 7.88. The van der Waals surface area contributed by atoms with E-state index in [1.807, 2.05) is 0 Å². The lowest BCUT2D eigenvalue weighted by Crippen LogP contribution is -2.61. The Morgan fingerprint density at radius 3 is 1.80 bits per heavy atom. The first kappa shape index (κ1) is 26.0. The fraction of sp³-hybridized carbons (Fsp3) is 0.500. The molecule has 0 spiro atoms. The van der Waals surface area contributed by atoms with Gasteiger partial charge in [0.1, 0.15) is 11.5 Å². The fourth-order valence-electron chi connectivity index (χ4n) is 1.61. The summed E-state index contributed by atoms with van der Waals surface area (Å²) in [7, 11) is -14.3. The number of alkyl halides is 6. The number of carbonyl (C=O) groups is 1. The Morgan fingerprint density at radius 2 is 1.40 bits per heavy atom. The van der Waals surface area contributed by atoms with E-state index >= 15 is 0 Å². The molecule has 0 heterocycles. The summed E-state index contributed by atoms with van der Waals surface area (Å²) in [6.07, 6.45) is 0.408. The van der Waals surface area contributed by atoms with Crippen LogP contribution in [0.5, 0.6) is 11.5 Å². The maximum atomic E-state index is 13.7. The van der Waals surface area contributed by atoms with Crippen LogP contribution in [0.3, 0.4) is 0 Å². The minimum atomic E-state index is -7.38. The lowest BCUT2D eigenvalue weighted by atomic mass is 10.1. The first-order chi connectivity index (χ1) is 13.3. The van der Waals surface area contributed by atoms with E-state index in [-0.39, 0.29) is 5.75 Å². The SMILES string of the molecule is CCC(C)C(=O)Oc1ccc(OS(=O)(=O)C(F)(F)C(F)(F)C(F)(F)S(=O)(=O)[O-])cc1. The van der Waals surface area contributed by atoms with Gasteiger partial charge in [-0.25, -0.2) is 8.42 Å². The van der Waals surface area contributed by atoms with E-state index in [4.69, 9.17) is 4.74 Å². The quantitative estimate of drug-likeness (QED) is 0.171. The number of rotatable bonds is 9. The van der Waals surface area contributed by atoms with E-state index < -0.39 is 54.3 Å². The van der Waals surface area contributed by atoms with Gasteiger partial charge in [0.15, 0.2) is 10.1 Å². The summed E-state index contributed by atoms with van der Waals surface area (Å²) >= 11 is 0. The van der Waals surface area contributed by atoms with Crippen molar-refractivity contribution in [2.75, 3.05) is 0 Å². The van der Waals surface area contributed by atoms with Crippen molar-refractivity contribution in [3.05, 3.63) is 24.3 Å². The molecule has 16 heteroatoms. The van der Waals surface area contributed by atoms with Gasteiger partial charge in [0, 0.05) is 0 Å². The summed E-state index contributed by atoms with van der Waals surface area (Å²) in [4.78, 5) is 11.6. The monoisotopic (exact) mass is 487 g/mol. The summed E-state index contributed by atoms with van der Waals surface area (Å²) in [5, 5.41) is -13.8. The molecule has 0 aliphatic rings. The number of carbonyl (C=O) groups excluding carboxylic acids is 1. The molecule has 1 aromatic rings. The summed E-state index contributed by atoms with van der Waals surface area (Å²) in [5.74, 6) is -9.72. The van der Waals surface area contributed by atoms with E-state index in [9.17, 15) is 52.5 Å². The highest BCUT2D eigenvalue weighted by atomic mass is 32.2. The second-order valence-corrected chi connectivity index (χ2v) is 8.81. The van der Waals surface area contributed by atoms with Crippen LogP contribution in [0.1, 0.15) is 20.3 Å². The van der Waals surface area contributed by atoms with E-state index in [2.05, 4.69) is 4.18 Å². The molecular formula is C14H13F6O8S2-. The zero-order valence-corrected chi connectivity index (χ0v) is 16.6. The largest absolute Gasteiger partial charge is 0.743 e. The lowest BCUT2D eigenvalue weighted by molar-refractivity contribution is -0.247. The third kappa shape index (κ3) is 4.64. The molecule has 30 heavy (non-hydrogen) atoms. The van der Waals surface area contributed by atoms with Crippen molar-refractivity contribution in [1.82, 2.24) is 0 Å². The van der Waals surface area contributed by atoms with Crippen LogP contribution in [-0.4, -0.2) is 43.8 Å². The van der Waals surface area contributed by atoms with Crippen LogP contribution in [0.4, 0.5) is 26.3 Å². The first-order valence-electron chi connectivity index (χ1n) is 7.66. The second-order valence-electron chi connectivity index (χ2n) is 5.80. The van der Waals surface area contributed by atoms with Gasteiger partial charge in [-0.1, -0.05) is 13.8 Å². The molecule has 0 aliphatic heterocycles. The minimum Gasteiger partial charge on any atom is -0.743 e. The molecule has 0 aromatic heterocycles. The van der Waals surface area contributed by atoms with E-state index in [1.165, 1.54) is 6.92 Å². The smallest absolute Gasteiger partial charge is 0.450 e. The molecule has 172 valence electrons. The van der Waals surface area contributed by atoms with Crippen LogP contribution in [0.25, 0.3) is 0 Å². The minimum absolute atomic E-state index is 0.217. The van der Waals surface area contributed by atoms with Crippen molar-refractivity contribution in [1.29, 1.82) is 0 Å². The van der Waals surface area contributed by atoms with Crippen molar-refractivity contribution < 1.29 is 61.4 Å². The number of ether oxygens (including phenoxy) is 1. The summed E-state index contributed by atoms with van der Waals surface area (Å²) in [5.41, 5.74) is 0. The summed E-state index contributed by atoms with van der Waals surface area (Å²) in [6, 6.07) is 2.76. The van der Waals surface area contributed by atoms with Crippen LogP contribution in [0, 0.1) is 5.92 Å². The standard InChI is InChI=1S/C14H14F6O8S2/c1-3-8(2)11(21)27-9-4-6-10(7-5-9)28-30(25,26)14(19,20)12(15,16)13(17,18)29(22,23)24/h4-8H,3H2,1-2H3,(H,22,23,24)/p-1. The predicted octanol–water partition coefficient (Wildman–Crippen LogP) is 2.71. The molecule has 0 fully saturated rings. The fourth-order valence-corrected chi connectivity index (χ4v) is 3.03. The normalized spacial score (nSPS) is 14.8. The van der Waals surface area contributed by atoms with Gasteiger partial charge in [-0.15, -0.1) is 0 Å². The Kier molecular flexibility index (Phi) is 7.12. The Bertz CT molecular complexity index is 990. The highest BCUT2D eigenvalue weighted by Crippen LogP contribution is 2.50. The van der Waals surface area contributed by atoms with Crippen LogP contribution < -0.4 is 8.92 Å². The Balaban J connectivity index is 3.17. The van der Waals surface area contributed by atoms with Gasteiger partial charge in [-0.05, 0) is 30.7 Å². The maximum Gasteiger partial charge on any atom is 0.450 e. The van der Waals surface area contributed by atoms with E-state index in [1.54, 1.807) is 6.92 Å². The second kappa shape index (κ2) is 8.22. The molecule has 0 aliphatic carbocycles. The molecule has 0 amide bonds. The van der Waals surface area contributed by atoms with Crippen LogP contribution >= 0.6 is 0 Å². The number of esters is 1. The Morgan fingerprint density at radius 1 is 0.967 bits per heavy atom. The van der Waals surface area contributed by atoms with Crippen molar-refractivity contribution in [3.63, 3.8) is 0 Å². The molecule has 0 saturated heterocycles. The van der Waals surface area contributed by atoms with Crippen molar-refractivity contribution in [2.24, 2.45) is 5.92 Å². The van der Waals surface area contributed by atoms with Gasteiger partial charge in [0.05, 0.1) is 5.92 Å². The molecule has 0 N–H and O–H groups in total. The third-order valence-electron chi connectivity index (χ3n) is 3.62. The lowest BCUT2D eigenvalue weighted by Gasteiger charge is -2.32. The van der Waals surface area contributed by atoms with Gasteiger partial charge in [0.25, 0.3) is 0 Å². The van der Waals surface area contributed by atoms with Crippen LogP contribution in [0.15, 0.2) is 24.3 Å². The molecule has 1 unspecified atom stereocenters. The average molecular weight is 487 g/mol. The topological polar surface area (TPSA) is 127 Å². The van der Waals surface area contributed by atoms with Crippen molar-refractivity contribution in [3.8, 4) is 11.5 Å². The molecule has 1 atom stereocenters. The number of hydrogen-bond acceptors (Lipinski definition) is 8. The van der Waals surface area contributed by atoms with Gasteiger partial charge in [-0.2, -0.15) is 34.8 Å². The predicted molar refractivity (Wildman–Crippen MR) is 85.6 cm³/mol. The van der Waals surface area contributed by atoms with E-state index in [0.717, 1.165) is 12.1 Å². The maximum absolute atomic E-state index is 13.7. The first-order valence-corrected chi connectivity index (χ1v) is 10.5. The number of hydrogen-bond donors (Lipinski definition) is 0. The molecule has 0 saturated carbocycles. The zero-order chi connectivity index (χ0) is 23.8. The van der Waals surface area contributed by atoms with Crippen LogP contribution in [0.2, 0.25) is 0 Å². The number of halogens is 6. The molecule has 0 bridgehead atoms. The van der Waals surface area contributed by atoms with Crippen molar-refractivity contribution >= 4 is 26.2 Å². The molecule has 0 radical (unpaired) electrons. The van der Waals surface area contributed by atoms with Gasteiger partial charge < -0.3 is 13.5 Å². The van der Waals surface area contributed by atoms with Crippen LogP contribution in [-0.2, 0) is 25.0 Å². The number of benzene rings is 1. The highest BCUT2D eigenvalue weighted by Gasteiger charge is 2.81. The summed E-state index contributed by atoms with van der Waals surface area (Å²) < 4.78 is 142. The average Bonchev–Trinajstić information content (AvgIpc) is 2.60. The van der Waals surface area contributed by atoms with Gasteiger partial charge in [-0.3, -0.25) is 4.79 Å². The molecule has 1 rings (SSSR count). The van der Waals surface area contributed by atoms with Gasteiger partial charge >= 0.3 is 32.5 Å². The zero-order valence-electron chi connectivity index (χ0n) is 14.9.